The van der Waals surface area contributed by atoms with E-state index in [1.165, 1.54) is 16.0 Å². The van der Waals surface area contributed by atoms with Crippen LogP contribution in [0, 0.1) is 0 Å². The van der Waals surface area contributed by atoms with Crippen LogP contribution in [0.1, 0.15) is 21.8 Å². The van der Waals surface area contributed by atoms with E-state index in [0.29, 0.717) is 18.7 Å². The van der Waals surface area contributed by atoms with Crippen LogP contribution < -0.4 is 5.32 Å². The largest absolute Gasteiger partial charge is 0.435 e. The van der Waals surface area contributed by atoms with Crippen molar-refractivity contribution in [2.75, 3.05) is 13.2 Å². The van der Waals surface area contributed by atoms with E-state index in [-0.39, 0.29) is 37.6 Å². The van der Waals surface area contributed by atoms with Gasteiger partial charge in [0.25, 0.3) is 0 Å². The van der Waals surface area contributed by atoms with E-state index in [2.05, 4.69) is 10.4 Å². The average Bonchev–Trinajstić information content (AvgIpc) is 3.15. The fraction of sp³-hybridized carbons (Fsp3) is 0.467. The second-order valence-electron chi connectivity index (χ2n) is 5.40. The number of carbonyl (C=O) groups excluding carboxylic acids is 1. The summed E-state index contributed by atoms with van der Waals surface area (Å²) in [5, 5.41) is 8.30. The van der Waals surface area contributed by atoms with Crippen LogP contribution in [0.4, 0.5) is 13.2 Å². The van der Waals surface area contributed by atoms with Crippen LogP contribution >= 0.6 is 11.3 Å². The maximum absolute atomic E-state index is 13.1. The third-order valence-electron chi connectivity index (χ3n) is 3.73. The highest BCUT2D eigenvalue weighted by Crippen LogP contribution is 2.34. The van der Waals surface area contributed by atoms with Crippen molar-refractivity contribution < 1.29 is 22.7 Å². The average molecular weight is 359 g/mol. The zero-order valence-electron chi connectivity index (χ0n) is 12.7. The lowest BCUT2D eigenvalue weighted by Crippen LogP contribution is -2.29. The highest BCUT2D eigenvalue weighted by molar-refractivity contribution is 7.10. The summed E-state index contributed by atoms with van der Waals surface area (Å²) in [7, 11) is 0. The molecule has 3 heterocycles. The summed E-state index contributed by atoms with van der Waals surface area (Å²) >= 11 is 1.49. The van der Waals surface area contributed by atoms with Gasteiger partial charge in [0.2, 0.25) is 5.91 Å². The molecule has 24 heavy (non-hydrogen) atoms. The second kappa shape index (κ2) is 6.94. The fourth-order valence-corrected chi connectivity index (χ4v) is 3.36. The molecule has 1 N–H and O–H groups in total. The van der Waals surface area contributed by atoms with Crippen molar-refractivity contribution in [2.24, 2.45) is 0 Å². The minimum absolute atomic E-state index is 0.0745. The monoisotopic (exact) mass is 359 g/mol. The molecule has 130 valence electrons. The lowest BCUT2D eigenvalue weighted by molar-refractivity contribution is -0.142. The minimum Gasteiger partial charge on any atom is -0.376 e. The van der Waals surface area contributed by atoms with E-state index in [1.54, 1.807) is 0 Å². The molecule has 0 atom stereocenters. The minimum atomic E-state index is -4.50. The predicted molar refractivity (Wildman–Crippen MR) is 81.6 cm³/mol. The number of fused-ring (bicyclic) bond motifs is 1. The van der Waals surface area contributed by atoms with Gasteiger partial charge in [-0.05, 0) is 11.4 Å². The Kier molecular flexibility index (Phi) is 4.91. The van der Waals surface area contributed by atoms with Gasteiger partial charge >= 0.3 is 6.18 Å². The number of aromatic nitrogens is 2. The molecule has 1 aliphatic heterocycles. The number of hydrogen-bond acceptors (Lipinski definition) is 4. The standard InChI is InChI=1S/C15H16F3N3O2S/c16-15(17,18)14-11-9-23-6-3-12(11)21(20-14)5-4-19-13(22)8-10-2-1-7-24-10/h1-2,7H,3-6,8-9H2,(H,19,22). The third-order valence-corrected chi connectivity index (χ3v) is 4.60. The van der Waals surface area contributed by atoms with Crippen LogP contribution in [0.5, 0.6) is 0 Å². The van der Waals surface area contributed by atoms with E-state index in [4.69, 9.17) is 4.74 Å². The number of nitrogens with one attached hydrogen (secondary N) is 1. The number of alkyl halides is 3. The summed E-state index contributed by atoms with van der Waals surface area (Å²) in [6, 6.07) is 3.73. The summed E-state index contributed by atoms with van der Waals surface area (Å²) in [5.74, 6) is -0.155. The summed E-state index contributed by atoms with van der Waals surface area (Å²) in [6.45, 7) is 0.737. The zero-order chi connectivity index (χ0) is 17.2. The maximum Gasteiger partial charge on any atom is 0.435 e. The van der Waals surface area contributed by atoms with Crippen LogP contribution in [0.2, 0.25) is 0 Å². The summed E-state index contributed by atoms with van der Waals surface area (Å²) in [6.07, 6.45) is -3.84. The smallest absolute Gasteiger partial charge is 0.376 e. The number of ether oxygens (including phenoxy) is 1. The first-order chi connectivity index (χ1) is 11.4. The summed E-state index contributed by atoms with van der Waals surface area (Å²) in [4.78, 5) is 12.8. The van der Waals surface area contributed by atoms with Crippen LogP contribution in [-0.4, -0.2) is 28.8 Å². The number of rotatable bonds is 5. The maximum atomic E-state index is 13.1. The lowest BCUT2D eigenvalue weighted by atomic mass is 10.1. The van der Waals surface area contributed by atoms with E-state index < -0.39 is 11.9 Å². The highest BCUT2D eigenvalue weighted by Gasteiger charge is 2.39. The van der Waals surface area contributed by atoms with Crippen LogP contribution in [0.25, 0.3) is 0 Å². The topological polar surface area (TPSA) is 56.2 Å². The van der Waals surface area contributed by atoms with Gasteiger partial charge in [0, 0.05) is 29.1 Å². The molecule has 0 unspecified atom stereocenters. The molecule has 0 bridgehead atoms. The van der Waals surface area contributed by atoms with Gasteiger partial charge in [-0.25, -0.2) is 0 Å². The molecule has 0 spiro atoms. The van der Waals surface area contributed by atoms with Crippen molar-refractivity contribution in [1.82, 2.24) is 15.1 Å². The normalized spacial score (nSPS) is 14.5. The van der Waals surface area contributed by atoms with Crippen molar-refractivity contribution in [2.45, 2.75) is 32.2 Å². The van der Waals surface area contributed by atoms with Crippen LogP contribution in [0.15, 0.2) is 17.5 Å². The van der Waals surface area contributed by atoms with Crippen molar-refractivity contribution in [3.05, 3.63) is 39.3 Å². The van der Waals surface area contributed by atoms with Crippen molar-refractivity contribution in [3.8, 4) is 0 Å². The predicted octanol–water partition coefficient (Wildman–Crippen LogP) is 2.40. The van der Waals surface area contributed by atoms with Gasteiger partial charge < -0.3 is 10.1 Å². The van der Waals surface area contributed by atoms with Crippen molar-refractivity contribution >= 4 is 17.2 Å². The lowest BCUT2D eigenvalue weighted by Gasteiger charge is -2.15. The molecule has 2 aromatic heterocycles. The fourth-order valence-electron chi connectivity index (χ4n) is 2.66. The molecular formula is C15H16F3N3O2S. The Morgan fingerprint density at radius 3 is 3.00 bits per heavy atom. The van der Waals surface area contributed by atoms with Crippen LogP contribution in [-0.2, 0) is 41.7 Å². The third kappa shape index (κ3) is 3.78. The number of halogens is 3. The molecule has 3 rings (SSSR count). The second-order valence-corrected chi connectivity index (χ2v) is 6.44. The molecule has 0 saturated carbocycles. The van der Waals surface area contributed by atoms with Gasteiger partial charge in [-0.1, -0.05) is 6.07 Å². The van der Waals surface area contributed by atoms with Gasteiger partial charge in [-0.15, -0.1) is 11.3 Å². The van der Waals surface area contributed by atoms with Crippen molar-refractivity contribution in [3.63, 3.8) is 0 Å². The first-order valence-electron chi connectivity index (χ1n) is 7.47. The molecule has 0 aromatic carbocycles. The van der Waals surface area contributed by atoms with E-state index in [9.17, 15) is 18.0 Å². The first kappa shape index (κ1) is 17.0. The molecule has 5 nitrogen and oxygen atoms in total. The van der Waals surface area contributed by atoms with Gasteiger partial charge in [0.15, 0.2) is 5.69 Å². The van der Waals surface area contributed by atoms with Crippen molar-refractivity contribution in [1.29, 1.82) is 0 Å². The Bertz CT molecular complexity index is 710. The number of nitrogens with zero attached hydrogens (tertiary/aromatic N) is 2. The van der Waals surface area contributed by atoms with Gasteiger partial charge in [0.05, 0.1) is 26.2 Å². The number of amides is 1. The van der Waals surface area contributed by atoms with Crippen LogP contribution in [0.3, 0.4) is 0 Å². The molecule has 0 aliphatic carbocycles. The molecule has 0 radical (unpaired) electrons. The SMILES string of the molecule is O=C(Cc1cccs1)NCCn1nc(C(F)(F)F)c2c1CCOC2. The first-order valence-corrected chi connectivity index (χ1v) is 8.35. The van der Waals surface area contributed by atoms with Gasteiger partial charge in [0.1, 0.15) is 0 Å². The number of carbonyl (C=O) groups is 1. The summed E-state index contributed by atoms with van der Waals surface area (Å²) < 4.78 is 45.6. The van der Waals surface area contributed by atoms with Gasteiger partial charge in [-0.3, -0.25) is 9.48 Å². The molecule has 0 saturated heterocycles. The molecular weight excluding hydrogens is 343 g/mol. The number of hydrogen-bond donors (Lipinski definition) is 1. The van der Waals surface area contributed by atoms with E-state index >= 15 is 0 Å². The zero-order valence-corrected chi connectivity index (χ0v) is 13.5. The molecule has 1 aliphatic rings. The van der Waals surface area contributed by atoms with Gasteiger partial charge in [-0.2, -0.15) is 18.3 Å². The Hall–Kier alpha value is -1.87. The molecule has 9 heteroatoms. The Labute approximate surface area is 140 Å². The molecule has 2 aromatic rings. The number of thiophene rings is 1. The Morgan fingerprint density at radius 2 is 2.29 bits per heavy atom. The van der Waals surface area contributed by atoms with E-state index in [0.717, 1.165) is 4.88 Å². The highest BCUT2D eigenvalue weighted by atomic mass is 32.1. The Morgan fingerprint density at radius 1 is 1.46 bits per heavy atom. The molecule has 0 fully saturated rings. The summed E-state index contributed by atoms with van der Waals surface area (Å²) in [5.41, 5.74) is -0.234. The quantitative estimate of drug-likeness (QED) is 0.892. The van der Waals surface area contributed by atoms with E-state index in [1.807, 2.05) is 17.5 Å². The Balaban J connectivity index is 1.63. The molecule has 1 amide bonds.